The second kappa shape index (κ2) is 7.26. The predicted molar refractivity (Wildman–Crippen MR) is 92.7 cm³/mol. The van der Waals surface area contributed by atoms with Crippen LogP contribution in [0.4, 0.5) is 17.2 Å². The standard InChI is InChI=1S/C15H18N4O4S/c1-11-14(19(20)21)8-10-17-15(11)16-9-7-12-3-5-13(6-4-12)18-24(2,22)23/h3-6,8,10,18H,7,9H2,1-2H3,(H,16,17). The van der Waals surface area contributed by atoms with Crippen LogP contribution in [0.2, 0.25) is 0 Å². The van der Waals surface area contributed by atoms with E-state index in [1.165, 1.54) is 12.3 Å². The Labute approximate surface area is 140 Å². The van der Waals surface area contributed by atoms with Crippen LogP contribution in [0.3, 0.4) is 0 Å². The van der Waals surface area contributed by atoms with Crippen molar-refractivity contribution in [3.63, 3.8) is 0 Å². The number of nitrogens with zero attached hydrogens (tertiary/aromatic N) is 2. The maximum atomic E-state index is 11.1. The SMILES string of the molecule is Cc1c([N+](=O)[O-])ccnc1NCCc1ccc(NS(C)(=O)=O)cc1. The minimum Gasteiger partial charge on any atom is -0.369 e. The monoisotopic (exact) mass is 350 g/mol. The fourth-order valence-corrected chi connectivity index (χ4v) is 2.74. The Morgan fingerprint density at radius 1 is 1.21 bits per heavy atom. The summed E-state index contributed by atoms with van der Waals surface area (Å²) in [6.07, 6.45) is 3.17. The van der Waals surface area contributed by atoms with Gasteiger partial charge in [-0.3, -0.25) is 14.8 Å². The Morgan fingerprint density at radius 2 is 1.88 bits per heavy atom. The molecule has 0 aliphatic heterocycles. The van der Waals surface area contributed by atoms with Crippen LogP contribution < -0.4 is 10.0 Å². The van der Waals surface area contributed by atoms with E-state index in [9.17, 15) is 18.5 Å². The van der Waals surface area contributed by atoms with Crippen LogP contribution in [-0.4, -0.2) is 31.1 Å². The highest BCUT2D eigenvalue weighted by Crippen LogP contribution is 2.22. The van der Waals surface area contributed by atoms with E-state index in [0.717, 1.165) is 11.8 Å². The first kappa shape index (κ1) is 17.7. The van der Waals surface area contributed by atoms with Crippen molar-refractivity contribution in [1.29, 1.82) is 0 Å². The van der Waals surface area contributed by atoms with E-state index in [-0.39, 0.29) is 5.69 Å². The van der Waals surface area contributed by atoms with Gasteiger partial charge in [-0.15, -0.1) is 0 Å². The minimum atomic E-state index is -3.28. The van der Waals surface area contributed by atoms with Crippen LogP contribution in [0.15, 0.2) is 36.5 Å². The van der Waals surface area contributed by atoms with Gasteiger partial charge in [-0.1, -0.05) is 12.1 Å². The van der Waals surface area contributed by atoms with Gasteiger partial charge in [0.15, 0.2) is 0 Å². The first-order valence-electron chi connectivity index (χ1n) is 7.17. The zero-order chi connectivity index (χ0) is 17.7. The molecule has 0 spiro atoms. The highest BCUT2D eigenvalue weighted by atomic mass is 32.2. The minimum absolute atomic E-state index is 0.0312. The number of nitro groups is 1. The van der Waals surface area contributed by atoms with Gasteiger partial charge in [-0.05, 0) is 31.0 Å². The average Bonchev–Trinajstić information content (AvgIpc) is 2.49. The smallest absolute Gasteiger partial charge is 0.277 e. The lowest BCUT2D eigenvalue weighted by atomic mass is 10.1. The molecule has 0 bridgehead atoms. The molecule has 0 aliphatic carbocycles. The third-order valence-electron chi connectivity index (χ3n) is 3.34. The van der Waals surface area contributed by atoms with Crippen LogP contribution in [-0.2, 0) is 16.4 Å². The molecule has 0 saturated carbocycles. The summed E-state index contributed by atoms with van der Waals surface area (Å²) >= 11 is 0. The van der Waals surface area contributed by atoms with E-state index in [1.807, 2.05) is 12.1 Å². The molecule has 1 aromatic heterocycles. The zero-order valence-electron chi connectivity index (χ0n) is 13.3. The Morgan fingerprint density at radius 3 is 2.46 bits per heavy atom. The Balaban J connectivity index is 1.95. The van der Waals surface area contributed by atoms with E-state index >= 15 is 0 Å². The summed E-state index contributed by atoms with van der Waals surface area (Å²) in [7, 11) is -3.28. The van der Waals surface area contributed by atoms with E-state index < -0.39 is 14.9 Å². The van der Waals surface area contributed by atoms with Crippen molar-refractivity contribution in [2.75, 3.05) is 22.8 Å². The highest BCUT2D eigenvalue weighted by molar-refractivity contribution is 7.92. The molecular formula is C15H18N4O4S. The topological polar surface area (TPSA) is 114 Å². The van der Waals surface area contributed by atoms with Crippen LogP contribution in [0.5, 0.6) is 0 Å². The summed E-state index contributed by atoms with van der Waals surface area (Å²) < 4.78 is 24.7. The molecule has 2 aromatic rings. The summed E-state index contributed by atoms with van der Waals surface area (Å²) in [5.74, 6) is 0.486. The maximum Gasteiger partial charge on any atom is 0.277 e. The Bertz CT molecular complexity index is 835. The summed E-state index contributed by atoms with van der Waals surface area (Å²) in [5, 5.41) is 14.0. The molecule has 2 N–H and O–H groups in total. The summed E-state index contributed by atoms with van der Waals surface area (Å²) in [6.45, 7) is 2.20. The number of rotatable bonds is 7. The van der Waals surface area contributed by atoms with Crippen LogP contribution in [0.25, 0.3) is 0 Å². The summed E-state index contributed by atoms with van der Waals surface area (Å²) in [5.41, 5.74) is 2.04. The molecule has 0 atom stereocenters. The first-order valence-corrected chi connectivity index (χ1v) is 9.06. The van der Waals surface area contributed by atoms with Crippen molar-refractivity contribution in [3.8, 4) is 0 Å². The summed E-state index contributed by atoms with van der Waals surface area (Å²) in [4.78, 5) is 14.6. The van der Waals surface area contributed by atoms with Crippen molar-refractivity contribution in [3.05, 3.63) is 57.8 Å². The quantitative estimate of drug-likeness (QED) is 0.585. The molecule has 2 rings (SSSR count). The predicted octanol–water partition coefficient (Wildman–Crippen LogP) is 2.32. The van der Waals surface area contributed by atoms with Crippen LogP contribution >= 0.6 is 0 Å². The van der Waals surface area contributed by atoms with Gasteiger partial charge >= 0.3 is 0 Å². The van der Waals surface area contributed by atoms with E-state index in [4.69, 9.17) is 0 Å². The number of hydrogen-bond donors (Lipinski definition) is 2. The number of aromatic nitrogens is 1. The number of benzene rings is 1. The van der Waals surface area contributed by atoms with Gasteiger partial charge < -0.3 is 5.32 Å². The number of anilines is 2. The van der Waals surface area contributed by atoms with Gasteiger partial charge in [0.1, 0.15) is 5.82 Å². The third kappa shape index (κ3) is 4.92. The maximum absolute atomic E-state index is 11.1. The number of sulfonamides is 1. The second-order valence-corrected chi connectivity index (χ2v) is 7.06. The van der Waals surface area contributed by atoms with Gasteiger partial charge in [0, 0.05) is 24.5 Å². The molecule has 24 heavy (non-hydrogen) atoms. The summed E-state index contributed by atoms with van der Waals surface area (Å²) in [6, 6.07) is 8.39. The lowest BCUT2D eigenvalue weighted by Crippen LogP contribution is -2.10. The van der Waals surface area contributed by atoms with Crippen molar-refractivity contribution >= 4 is 27.2 Å². The van der Waals surface area contributed by atoms with E-state index in [0.29, 0.717) is 30.0 Å². The van der Waals surface area contributed by atoms with Crippen molar-refractivity contribution in [2.24, 2.45) is 0 Å². The molecule has 0 unspecified atom stereocenters. The van der Waals surface area contributed by atoms with Crippen molar-refractivity contribution in [1.82, 2.24) is 4.98 Å². The lowest BCUT2D eigenvalue weighted by Gasteiger charge is -2.09. The average molecular weight is 350 g/mol. The molecule has 0 aliphatic rings. The van der Waals surface area contributed by atoms with Gasteiger partial charge in [-0.25, -0.2) is 13.4 Å². The molecular weight excluding hydrogens is 332 g/mol. The normalized spacial score (nSPS) is 11.1. The van der Waals surface area contributed by atoms with Gasteiger partial charge in [0.2, 0.25) is 10.0 Å². The molecule has 0 radical (unpaired) electrons. The van der Waals surface area contributed by atoms with Crippen LogP contribution in [0.1, 0.15) is 11.1 Å². The largest absolute Gasteiger partial charge is 0.369 e. The zero-order valence-corrected chi connectivity index (χ0v) is 14.1. The molecule has 0 saturated heterocycles. The van der Waals surface area contributed by atoms with E-state index in [2.05, 4.69) is 15.0 Å². The molecule has 1 aromatic carbocycles. The number of nitrogens with one attached hydrogen (secondary N) is 2. The van der Waals surface area contributed by atoms with Crippen molar-refractivity contribution < 1.29 is 13.3 Å². The van der Waals surface area contributed by atoms with Gasteiger partial charge in [0.25, 0.3) is 5.69 Å². The molecule has 9 heteroatoms. The number of hydrogen-bond acceptors (Lipinski definition) is 6. The van der Waals surface area contributed by atoms with Crippen molar-refractivity contribution in [2.45, 2.75) is 13.3 Å². The first-order chi connectivity index (χ1) is 11.3. The second-order valence-electron chi connectivity index (χ2n) is 5.31. The highest BCUT2D eigenvalue weighted by Gasteiger charge is 2.13. The van der Waals surface area contributed by atoms with Gasteiger partial charge in [0.05, 0.1) is 16.7 Å². The molecule has 0 amide bonds. The van der Waals surface area contributed by atoms with Crippen LogP contribution in [0, 0.1) is 17.0 Å². The Kier molecular flexibility index (Phi) is 5.35. The molecule has 1 heterocycles. The third-order valence-corrected chi connectivity index (χ3v) is 3.94. The fourth-order valence-electron chi connectivity index (χ4n) is 2.18. The van der Waals surface area contributed by atoms with Gasteiger partial charge in [-0.2, -0.15) is 0 Å². The lowest BCUT2D eigenvalue weighted by molar-refractivity contribution is -0.385. The number of pyridine rings is 1. The van der Waals surface area contributed by atoms with E-state index in [1.54, 1.807) is 19.1 Å². The fraction of sp³-hybridized carbons (Fsp3) is 0.267. The molecule has 0 fully saturated rings. The molecule has 8 nitrogen and oxygen atoms in total. The Hall–Kier alpha value is -2.68. The molecule has 128 valence electrons.